The largest absolute Gasteiger partial charge is 0.343 e. The third-order valence-electron chi connectivity index (χ3n) is 4.04. The van der Waals surface area contributed by atoms with Crippen LogP contribution in [0, 0.1) is 11.8 Å². The van der Waals surface area contributed by atoms with Gasteiger partial charge in [0.2, 0.25) is 11.8 Å². The summed E-state index contributed by atoms with van der Waals surface area (Å²) in [6, 6.07) is 0. The van der Waals surface area contributed by atoms with Gasteiger partial charge in [-0.2, -0.15) is 0 Å². The van der Waals surface area contributed by atoms with Crippen molar-refractivity contribution in [3.8, 4) is 0 Å². The summed E-state index contributed by atoms with van der Waals surface area (Å²) in [4.78, 5) is 24.9. The number of hydrogen-bond acceptors (Lipinski definition) is 3. The average molecular weight is 269 g/mol. The maximum absolute atomic E-state index is 12.0. The first kappa shape index (κ1) is 16.0. The summed E-state index contributed by atoms with van der Waals surface area (Å²) in [6.45, 7) is 6.10. The van der Waals surface area contributed by atoms with E-state index in [9.17, 15) is 9.59 Å². The third-order valence-corrected chi connectivity index (χ3v) is 4.04. The van der Waals surface area contributed by atoms with Crippen LogP contribution in [-0.4, -0.2) is 29.8 Å². The Hall–Kier alpha value is -1.10. The summed E-state index contributed by atoms with van der Waals surface area (Å²) in [7, 11) is 0. The van der Waals surface area contributed by atoms with Gasteiger partial charge in [-0.1, -0.05) is 13.8 Å². The van der Waals surface area contributed by atoms with Crippen molar-refractivity contribution >= 4 is 11.8 Å². The van der Waals surface area contributed by atoms with Gasteiger partial charge in [0.1, 0.15) is 0 Å². The second kappa shape index (κ2) is 8.15. The predicted octanol–water partition coefficient (Wildman–Crippen LogP) is 1.43. The maximum Gasteiger partial charge on any atom is 0.233 e. The first-order valence-corrected chi connectivity index (χ1v) is 7.31. The minimum Gasteiger partial charge on any atom is -0.343 e. The number of hydrazine groups is 1. The number of likely N-dealkylation sites (tertiary alicyclic amines) is 1. The third kappa shape index (κ3) is 5.59. The normalized spacial score (nSPS) is 20.5. The van der Waals surface area contributed by atoms with Crippen LogP contribution >= 0.6 is 0 Å². The molecule has 3 N–H and O–H groups in total. The summed E-state index contributed by atoms with van der Waals surface area (Å²) >= 11 is 0. The van der Waals surface area contributed by atoms with Gasteiger partial charge in [-0.15, -0.1) is 0 Å². The van der Waals surface area contributed by atoms with E-state index >= 15 is 0 Å². The SMILES string of the molecule is CC(C)C1CCC(=O)N(CCCCC(=O)NN)CC1. The monoisotopic (exact) mass is 269 g/mol. The van der Waals surface area contributed by atoms with Crippen molar-refractivity contribution < 1.29 is 9.59 Å². The minimum absolute atomic E-state index is 0.137. The zero-order valence-electron chi connectivity index (χ0n) is 12.2. The van der Waals surface area contributed by atoms with Crippen LogP contribution in [0.4, 0.5) is 0 Å². The molecular weight excluding hydrogens is 242 g/mol. The summed E-state index contributed by atoms with van der Waals surface area (Å²) < 4.78 is 0. The fraction of sp³-hybridized carbons (Fsp3) is 0.857. The Bertz CT molecular complexity index is 305. The van der Waals surface area contributed by atoms with E-state index in [1.807, 2.05) is 4.90 Å². The molecule has 1 aliphatic heterocycles. The zero-order chi connectivity index (χ0) is 14.3. The Morgan fingerprint density at radius 2 is 2.16 bits per heavy atom. The molecule has 2 amide bonds. The fourth-order valence-electron chi connectivity index (χ4n) is 2.62. The van der Waals surface area contributed by atoms with Gasteiger partial charge < -0.3 is 4.90 Å². The predicted molar refractivity (Wildman–Crippen MR) is 74.9 cm³/mol. The number of carbonyl (C=O) groups is 2. The van der Waals surface area contributed by atoms with Crippen molar-refractivity contribution in [2.75, 3.05) is 13.1 Å². The lowest BCUT2D eigenvalue weighted by molar-refractivity contribution is -0.130. The minimum atomic E-state index is -0.137. The van der Waals surface area contributed by atoms with Gasteiger partial charge in [0.05, 0.1) is 0 Å². The number of rotatable bonds is 6. The number of nitrogens with one attached hydrogen (secondary N) is 1. The van der Waals surface area contributed by atoms with Crippen LogP contribution < -0.4 is 11.3 Å². The molecular formula is C14H27N3O2. The quantitative estimate of drug-likeness (QED) is 0.331. The second-order valence-electron chi connectivity index (χ2n) is 5.74. The highest BCUT2D eigenvalue weighted by Crippen LogP contribution is 2.25. The van der Waals surface area contributed by atoms with E-state index in [4.69, 9.17) is 5.84 Å². The molecule has 1 saturated heterocycles. The van der Waals surface area contributed by atoms with E-state index < -0.39 is 0 Å². The summed E-state index contributed by atoms with van der Waals surface area (Å²) in [5.41, 5.74) is 2.12. The van der Waals surface area contributed by atoms with E-state index in [1.165, 1.54) is 0 Å². The zero-order valence-corrected chi connectivity index (χ0v) is 12.2. The van der Waals surface area contributed by atoms with E-state index in [2.05, 4.69) is 19.3 Å². The second-order valence-corrected chi connectivity index (χ2v) is 5.74. The first-order chi connectivity index (χ1) is 9.04. The van der Waals surface area contributed by atoms with Crippen LogP contribution in [0.3, 0.4) is 0 Å². The Morgan fingerprint density at radius 3 is 2.79 bits per heavy atom. The lowest BCUT2D eigenvalue weighted by Crippen LogP contribution is -2.32. The highest BCUT2D eigenvalue weighted by atomic mass is 16.2. The van der Waals surface area contributed by atoms with Crippen LogP contribution in [0.5, 0.6) is 0 Å². The number of hydrogen-bond donors (Lipinski definition) is 2. The molecule has 1 atom stereocenters. The van der Waals surface area contributed by atoms with Crippen LogP contribution in [-0.2, 0) is 9.59 Å². The molecule has 0 saturated carbocycles. The highest BCUT2D eigenvalue weighted by molar-refractivity contribution is 5.76. The fourth-order valence-corrected chi connectivity index (χ4v) is 2.62. The van der Waals surface area contributed by atoms with E-state index in [-0.39, 0.29) is 11.8 Å². The van der Waals surface area contributed by atoms with Crippen LogP contribution in [0.1, 0.15) is 52.4 Å². The van der Waals surface area contributed by atoms with Crippen LogP contribution in [0.2, 0.25) is 0 Å². The Balaban J connectivity index is 2.29. The molecule has 0 aromatic carbocycles. The molecule has 0 aliphatic carbocycles. The molecule has 19 heavy (non-hydrogen) atoms. The maximum atomic E-state index is 12.0. The standard InChI is InChI=1S/C14H27N3O2/c1-11(2)12-6-7-14(19)17(10-8-12)9-4-3-5-13(18)16-15/h11-12H,3-10,15H2,1-2H3,(H,16,18). The van der Waals surface area contributed by atoms with Crippen molar-refractivity contribution in [1.82, 2.24) is 10.3 Å². The van der Waals surface area contributed by atoms with E-state index in [1.54, 1.807) is 0 Å². The molecule has 110 valence electrons. The lowest BCUT2D eigenvalue weighted by atomic mass is 9.89. The average Bonchev–Trinajstić information content (AvgIpc) is 2.57. The topological polar surface area (TPSA) is 75.4 Å². The smallest absolute Gasteiger partial charge is 0.233 e. The number of carbonyl (C=O) groups excluding carboxylic acids is 2. The lowest BCUT2D eigenvalue weighted by Gasteiger charge is -2.21. The molecule has 1 unspecified atom stereocenters. The summed E-state index contributed by atoms with van der Waals surface area (Å²) in [5.74, 6) is 6.47. The molecule has 1 rings (SSSR count). The molecule has 0 bridgehead atoms. The van der Waals surface area contributed by atoms with Gasteiger partial charge in [-0.25, -0.2) is 5.84 Å². The molecule has 0 aromatic rings. The van der Waals surface area contributed by atoms with Crippen molar-refractivity contribution in [2.45, 2.75) is 52.4 Å². The molecule has 5 nitrogen and oxygen atoms in total. The van der Waals surface area contributed by atoms with Crippen molar-refractivity contribution in [3.05, 3.63) is 0 Å². The number of amides is 2. The Kier molecular flexibility index (Phi) is 6.84. The Labute approximate surface area is 115 Å². The Morgan fingerprint density at radius 1 is 1.42 bits per heavy atom. The number of nitrogens with zero attached hydrogens (tertiary/aromatic N) is 1. The van der Waals surface area contributed by atoms with Crippen molar-refractivity contribution in [2.24, 2.45) is 17.7 Å². The van der Waals surface area contributed by atoms with Crippen LogP contribution in [0.15, 0.2) is 0 Å². The van der Waals surface area contributed by atoms with Crippen molar-refractivity contribution in [1.29, 1.82) is 0 Å². The van der Waals surface area contributed by atoms with Gasteiger partial charge in [0.15, 0.2) is 0 Å². The molecule has 0 aromatic heterocycles. The van der Waals surface area contributed by atoms with E-state index in [0.29, 0.717) is 24.7 Å². The van der Waals surface area contributed by atoms with Gasteiger partial charge in [-0.05, 0) is 37.5 Å². The molecule has 0 spiro atoms. The summed E-state index contributed by atoms with van der Waals surface area (Å²) in [6.07, 6.45) is 4.88. The molecule has 5 heteroatoms. The first-order valence-electron chi connectivity index (χ1n) is 7.31. The molecule has 1 aliphatic rings. The molecule has 1 fully saturated rings. The molecule has 1 heterocycles. The number of nitrogens with two attached hydrogens (primary N) is 1. The molecule has 0 radical (unpaired) electrons. The van der Waals surface area contributed by atoms with Gasteiger partial charge in [0.25, 0.3) is 0 Å². The highest BCUT2D eigenvalue weighted by Gasteiger charge is 2.23. The summed E-state index contributed by atoms with van der Waals surface area (Å²) in [5, 5.41) is 0. The van der Waals surface area contributed by atoms with E-state index in [0.717, 1.165) is 38.8 Å². The van der Waals surface area contributed by atoms with Crippen molar-refractivity contribution in [3.63, 3.8) is 0 Å². The number of unbranched alkanes of at least 4 members (excludes halogenated alkanes) is 1. The van der Waals surface area contributed by atoms with Gasteiger partial charge >= 0.3 is 0 Å². The van der Waals surface area contributed by atoms with Gasteiger partial charge in [-0.3, -0.25) is 15.0 Å². The van der Waals surface area contributed by atoms with Gasteiger partial charge in [0, 0.05) is 25.9 Å². The van der Waals surface area contributed by atoms with Crippen LogP contribution in [0.25, 0.3) is 0 Å².